The molecular weight excluding hydrogens is 616 g/mol. The van der Waals surface area contributed by atoms with E-state index in [1.54, 1.807) is 22.6 Å². The molecule has 0 bridgehead atoms. The normalized spacial score (nSPS) is 18.8. The average molecular weight is 647 g/mol. The minimum Gasteiger partial charge on any atom is -0.286 e. The van der Waals surface area contributed by atoms with Crippen LogP contribution in [0.5, 0.6) is 5.75 Å². The van der Waals surface area contributed by atoms with E-state index in [4.69, 9.17) is 4.74 Å². The predicted molar refractivity (Wildman–Crippen MR) is 148 cm³/mol. The Balaban J connectivity index is 1.68. The van der Waals surface area contributed by atoms with Crippen molar-refractivity contribution < 1.29 is 22.3 Å². The summed E-state index contributed by atoms with van der Waals surface area (Å²) in [6.45, 7) is 8.17. The second kappa shape index (κ2) is 11.4. The Kier molecular flexibility index (Phi) is 8.73. The Bertz CT molecular complexity index is 1300. The molecule has 0 aliphatic carbocycles. The third-order valence-electron chi connectivity index (χ3n) is 5.82. The van der Waals surface area contributed by atoms with Gasteiger partial charge in [0.05, 0.1) is 7.11 Å². The van der Waals surface area contributed by atoms with Crippen molar-refractivity contribution in [3.05, 3.63) is 50.8 Å². The number of methoxy groups -OCH3 is 1. The van der Waals surface area contributed by atoms with Crippen molar-refractivity contribution in [2.24, 2.45) is 0 Å². The van der Waals surface area contributed by atoms with Crippen molar-refractivity contribution in [1.82, 2.24) is 0 Å². The van der Waals surface area contributed by atoms with Gasteiger partial charge in [-0.2, -0.15) is 8.42 Å². The molecule has 0 fully saturated rings. The predicted octanol–water partition coefficient (Wildman–Crippen LogP) is 4.75. The Morgan fingerprint density at radius 1 is 1.34 bits per heavy atom. The van der Waals surface area contributed by atoms with Gasteiger partial charge in [0.2, 0.25) is 0 Å². The monoisotopic (exact) mass is 649 g/mol. The number of fused-ring (bicyclic) bond motifs is 2. The summed E-state index contributed by atoms with van der Waals surface area (Å²) >= 11 is 3.32. The fourth-order valence-corrected chi connectivity index (χ4v) is 10.6. The third-order valence-corrected chi connectivity index (χ3v) is 12.6. The van der Waals surface area contributed by atoms with Crippen molar-refractivity contribution in [3.63, 3.8) is 0 Å². The molecule has 1 aromatic heterocycles. The smallest absolute Gasteiger partial charge is 0.286 e. The Morgan fingerprint density at radius 2 is 2.14 bits per heavy atom. The number of hydrogen-bond acceptors (Lipinski definition) is 6. The SMILES string of the molecule is CCC(=Cc1sc2c([n+]1CC)[Te]C(C)C=C2)C=C1Sc2ccc(OC)cc2N1CCCS(=O)(=O)O. The van der Waals surface area contributed by atoms with E-state index < -0.39 is 10.1 Å². The van der Waals surface area contributed by atoms with E-state index in [-0.39, 0.29) is 26.7 Å². The van der Waals surface area contributed by atoms with Crippen LogP contribution in [0.25, 0.3) is 12.2 Å². The van der Waals surface area contributed by atoms with E-state index in [9.17, 15) is 13.0 Å². The van der Waals surface area contributed by atoms with Gasteiger partial charge in [-0.25, -0.2) is 0 Å². The molecule has 2 aromatic rings. The summed E-state index contributed by atoms with van der Waals surface area (Å²) in [6, 6.07) is 5.98. The van der Waals surface area contributed by atoms with Gasteiger partial charge in [-0.15, -0.1) is 0 Å². The first-order chi connectivity index (χ1) is 16.7. The van der Waals surface area contributed by atoms with E-state index in [1.165, 1.54) is 15.5 Å². The van der Waals surface area contributed by atoms with Crippen LogP contribution in [-0.2, 0) is 16.7 Å². The van der Waals surface area contributed by atoms with Gasteiger partial charge in [-0.05, 0) is 0 Å². The van der Waals surface area contributed by atoms with Gasteiger partial charge in [-0.3, -0.25) is 4.55 Å². The number of rotatable bonds is 9. The maximum atomic E-state index is 11.3. The number of nitrogens with zero attached hydrogens (tertiary/aromatic N) is 2. The van der Waals surface area contributed by atoms with Crippen LogP contribution in [0.3, 0.4) is 0 Å². The van der Waals surface area contributed by atoms with Gasteiger partial charge in [0.25, 0.3) is 0 Å². The second-order valence-electron chi connectivity index (χ2n) is 8.32. The third kappa shape index (κ3) is 6.35. The van der Waals surface area contributed by atoms with Crippen LogP contribution in [0, 0.1) is 0 Å². The van der Waals surface area contributed by atoms with Crippen LogP contribution in [-0.4, -0.2) is 53.3 Å². The van der Waals surface area contributed by atoms with Crippen LogP contribution < -0.4 is 17.9 Å². The molecule has 35 heavy (non-hydrogen) atoms. The van der Waals surface area contributed by atoms with Gasteiger partial charge in [0.15, 0.2) is 0 Å². The molecular formula is C25H31N2O4S3Te+. The standard InChI is InChI=1S/C25H30N2O4S3Te/c1-5-18(14-23-26(6-2)25-22(33-23)10-8-17(3)35-25)15-24-27(12-7-13-34(28,29)30)20-16-19(31-4)9-11-21(20)32-24/h8-11,14-17H,5-7,12-13H2,1-4H3/p+1. The van der Waals surface area contributed by atoms with E-state index in [0.29, 0.717) is 16.9 Å². The van der Waals surface area contributed by atoms with Gasteiger partial charge in [0.1, 0.15) is 0 Å². The Hall–Kier alpha value is -1.28. The van der Waals surface area contributed by atoms with Crippen molar-refractivity contribution >= 4 is 75.7 Å². The van der Waals surface area contributed by atoms with E-state index in [1.807, 2.05) is 29.5 Å². The first-order valence-corrected chi connectivity index (χ1v) is 17.4. The molecule has 1 N–H and O–H groups in total. The average Bonchev–Trinajstić information content (AvgIpc) is 3.33. The fourth-order valence-electron chi connectivity index (χ4n) is 4.03. The van der Waals surface area contributed by atoms with Crippen molar-refractivity contribution in [2.75, 3.05) is 24.3 Å². The number of thioether (sulfide) groups is 1. The molecule has 2 aliphatic rings. The molecule has 0 radical (unpaired) electrons. The first kappa shape index (κ1) is 26.8. The second-order valence-corrected chi connectivity index (χ2v) is 15.9. The van der Waals surface area contributed by atoms with Gasteiger partial charge in [-0.1, -0.05) is 0 Å². The number of hydrogen-bond donors (Lipinski definition) is 1. The summed E-state index contributed by atoms with van der Waals surface area (Å²) in [6.07, 6.45) is 10.4. The molecule has 0 spiro atoms. The maximum absolute atomic E-state index is 11.3. The fraction of sp³-hybridized carbons (Fsp3) is 0.400. The zero-order valence-corrected chi connectivity index (χ0v) is 25.1. The minimum absolute atomic E-state index is 0.233. The molecule has 188 valence electrons. The quantitative estimate of drug-likeness (QED) is 0.241. The van der Waals surface area contributed by atoms with Gasteiger partial charge in [0, 0.05) is 0 Å². The number of aromatic nitrogens is 1. The van der Waals surface area contributed by atoms with Gasteiger partial charge < -0.3 is 0 Å². The summed E-state index contributed by atoms with van der Waals surface area (Å²) in [5.41, 5.74) is 2.23. The topological polar surface area (TPSA) is 70.7 Å². The molecule has 6 nitrogen and oxygen atoms in total. The van der Waals surface area contributed by atoms with Crippen molar-refractivity contribution in [3.8, 4) is 5.75 Å². The number of thiazole rings is 1. The van der Waals surface area contributed by atoms with Crippen LogP contribution in [0.4, 0.5) is 5.69 Å². The number of ether oxygens (including phenoxy) is 1. The molecule has 0 amide bonds. The molecule has 3 heterocycles. The summed E-state index contributed by atoms with van der Waals surface area (Å²) in [4.78, 5) is 4.66. The van der Waals surface area contributed by atoms with E-state index in [0.717, 1.165) is 34.3 Å². The molecule has 2 aliphatic heterocycles. The zero-order chi connectivity index (χ0) is 25.2. The summed E-state index contributed by atoms with van der Waals surface area (Å²) in [7, 11) is -2.36. The Labute approximate surface area is 226 Å². The molecule has 0 saturated heterocycles. The summed E-state index contributed by atoms with van der Waals surface area (Å²) in [5, 5.41) is 2.35. The van der Waals surface area contributed by atoms with Crippen LogP contribution in [0.1, 0.15) is 43.5 Å². The van der Waals surface area contributed by atoms with E-state index in [2.05, 4.69) is 54.5 Å². The summed E-state index contributed by atoms with van der Waals surface area (Å²) < 4.78 is 42.0. The molecule has 4 rings (SSSR count). The molecule has 10 heteroatoms. The number of allylic oxidation sites excluding steroid dienone is 3. The van der Waals surface area contributed by atoms with Crippen LogP contribution in [0.2, 0.25) is 3.97 Å². The van der Waals surface area contributed by atoms with E-state index >= 15 is 0 Å². The minimum atomic E-state index is -4.00. The molecule has 0 saturated carbocycles. The molecule has 1 unspecified atom stereocenters. The molecule has 1 atom stereocenters. The Morgan fingerprint density at radius 3 is 2.83 bits per heavy atom. The van der Waals surface area contributed by atoms with Crippen molar-refractivity contribution in [2.45, 2.75) is 49.0 Å². The number of benzene rings is 1. The van der Waals surface area contributed by atoms with Crippen LogP contribution >= 0.6 is 23.1 Å². The molecule has 1 aromatic carbocycles. The number of anilines is 1. The van der Waals surface area contributed by atoms with Crippen molar-refractivity contribution in [1.29, 1.82) is 0 Å². The van der Waals surface area contributed by atoms with Gasteiger partial charge >= 0.3 is 208 Å². The first-order valence-electron chi connectivity index (χ1n) is 11.6. The van der Waals surface area contributed by atoms with Crippen LogP contribution in [0.15, 0.2) is 45.8 Å². The summed E-state index contributed by atoms with van der Waals surface area (Å²) in [5.74, 6) is 0.500. The zero-order valence-electron chi connectivity index (χ0n) is 20.4.